The predicted octanol–water partition coefficient (Wildman–Crippen LogP) is 3.85. The molecule has 0 aliphatic carbocycles. The summed E-state index contributed by atoms with van der Waals surface area (Å²) < 4.78 is 65.2. The SMILES string of the molecule is CC[S+]([O-])NC1[C@@H](F)CN(C(=O)[C@H]2CCCO2)[C@H]1Cc1cccc(-c2cc(C)cc(F)c2)c1F. The predicted molar refractivity (Wildman–Crippen MR) is 125 cm³/mol. The average molecular weight is 495 g/mol. The number of benzene rings is 2. The largest absolute Gasteiger partial charge is 0.598 e. The first-order valence-electron chi connectivity index (χ1n) is 11.5. The zero-order valence-electron chi connectivity index (χ0n) is 19.2. The van der Waals surface area contributed by atoms with E-state index >= 15 is 8.78 Å². The number of halogens is 3. The van der Waals surface area contributed by atoms with Crippen LogP contribution in [0.15, 0.2) is 36.4 Å². The molecule has 5 nitrogen and oxygen atoms in total. The molecule has 0 radical (unpaired) electrons. The number of alkyl halides is 1. The highest BCUT2D eigenvalue weighted by molar-refractivity contribution is 7.89. The van der Waals surface area contributed by atoms with Crippen LogP contribution in [0.2, 0.25) is 0 Å². The zero-order chi connectivity index (χ0) is 24.4. The first kappa shape index (κ1) is 25.0. The molecule has 1 N–H and O–H groups in total. The number of hydrogen-bond acceptors (Lipinski definition) is 4. The lowest BCUT2D eigenvalue weighted by Gasteiger charge is -2.30. The third-order valence-electron chi connectivity index (χ3n) is 6.45. The van der Waals surface area contributed by atoms with Gasteiger partial charge in [-0.1, -0.05) is 24.3 Å². The van der Waals surface area contributed by atoms with Crippen LogP contribution in [0.4, 0.5) is 13.2 Å². The summed E-state index contributed by atoms with van der Waals surface area (Å²) in [5.74, 6) is -1.06. The number of likely N-dealkylation sites (tertiary alicyclic amines) is 1. The molecule has 2 aliphatic heterocycles. The van der Waals surface area contributed by atoms with Crippen LogP contribution in [-0.2, 0) is 27.3 Å². The normalized spacial score (nSPS) is 25.6. The standard InChI is InChI=1S/C25H29F3N2O3S/c1-3-34(32)29-24-20(27)14-30(25(31)22-8-5-9-33-22)21(24)13-16-6-4-7-19(23(16)28)17-10-15(2)11-18(26)12-17/h4,6-7,10-12,20-22,24,29H,3,5,8-9,13-14H2,1-2H3/t20-,21-,22+,24?,34?/m0/s1. The zero-order valence-corrected chi connectivity index (χ0v) is 20.0. The molecule has 4 rings (SSSR count). The van der Waals surface area contributed by atoms with Gasteiger partial charge in [0.25, 0.3) is 5.91 Å². The summed E-state index contributed by atoms with van der Waals surface area (Å²) in [7, 11) is 0. The van der Waals surface area contributed by atoms with Crippen molar-refractivity contribution in [3.63, 3.8) is 0 Å². The van der Waals surface area contributed by atoms with Crippen molar-refractivity contribution >= 4 is 17.3 Å². The summed E-state index contributed by atoms with van der Waals surface area (Å²) in [6, 6.07) is 7.48. The molecule has 184 valence electrons. The molecular formula is C25H29F3N2O3S. The van der Waals surface area contributed by atoms with Crippen molar-refractivity contribution in [1.82, 2.24) is 9.62 Å². The van der Waals surface area contributed by atoms with Gasteiger partial charge >= 0.3 is 0 Å². The van der Waals surface area contributed by atoms with E-state index in [1.54, 1.807) is 38.1 Å². The minimum atomic E-state index is -1.49. The molecule has 34 heavy (non-hydrogen) atoms. The van der Waals surface area contributed by atoms with Crippen molar-refractivity contribution in [3.05, 3.63) is 59.2 Å². The Bertz CT molecular complexity index is 1010. The topological polar surface area (TPSA) is 64.6 Å². The molecule has 9 heteroatoms. The maximum Gasteiger partial charge on any atom is 0.252 e. The molecule has 0 bridgehead atoms. The molecule has 2 unspecified atom stereocenters. The maximum absolute atomic E-state index is 15.6. The van der Waals surface area contributed by atoms with E-state index in [1.807, 2.05) is 0 Å². The van der Waals surface area contributed by atoms with E-state index in [1.165, 1.54) is 17.0 Å². The molecule has 2 fully saturated rings. The van der Waals surface area contributed by atoms with Crippen molar-refractivity contribution in [2.24, 2.45) is 0 Å². The second-order valence-electron chi connectivity index (χ2n) is 8.85. The van der Waals surface area contributed by atoms with E-state index in [4.69, 9.17) is 4.74 Å². The number of carbonyl (C=O) groups is 1. The lowest BCUT2D eigenvalue weighted by atomic mass is 9.95. The number of aryl methyl sites for hydroxylation is 1. The van der Waals surface area contributed by atoms with Crippen LogP contribution in [0.25, 0.3) is 11.1 Å². The number of hydrogen-bond donors (Lipinski definition) is 1. The van der Waals surface area contributed by atoms with E-state index in [0.29, 0.717) is 24.2 Å². The monoisotopic (exact) mass is 494 g/mol. The Morgan fingerprint density at radius 2 is 2.09 bits per heavy atom. The van der Waals surface area contributed by atoms with Crippen molar-refractivity contribution in [2.75, 3.05) is 18.9 Å². The lowest BCUT2D eigenvalue weighted by molar-refractivity contribution is -0.142. The third kappa shape index (κ3) is 5.27. The van der Waals surface area contributed by atoms with Gasteiger partial charge in [-0.15, -0.1) is 4.72 Å². The number of rotatable bonds is 7. The van der Waals surface area contributed by atoms with E-state index in [2.05, 4.69) is 4.72 Å². The fraction of sp³-hybridized carbons (Fsp3) is 0.480. The molecule has 2 aromatic carbocycles. The Kier molecular flexibility index (Phi) is 7.87. The highest BCUT2D eigenvalue weighted by Gasteiger charge is 2.48. The van der Waals surface area contributed by atoms with Gasteiger partial charge in [0.05, 0.1) is 12.6 Å². The van der Waals surface area contributed by atoms with Gasteiger partial charge in [-0.05, 0) is 61.9 Å². The molecule has 5 atom stereocenters. The van der Waals surface area contributed by atoms with Gasteiger partial charge in [-0.2, -0.15) is 0 Å². The van der Waals surface area contributed by atoms with E-state index in [-0.39, 0.29) is 35.8 Å². The lowest BCUT2D eigenvalue weighted by Crippen LogP contribution is -2.51. The Labute approximate surface area is 201 Å². The van der Waals surface area contributed by atoms with Crippen LogP contribution in [-0.4, -0.2) is 58.6 Å². The summed E-state index contributed by atoms with van der Waals surface area (Å²) in [6.07, 6.45) is -0.773. The highest BCUT2D eigenvalue weighted by Crippen LogP contribution is 2.32. The summed E-state index contributed by atoms with van der Waals surface area (Å²) in [5, 5.41) is 0. The molecule has 2 aliphatic rings. The first-order valence-corrected chi connectivity index (χ1v) is 12.9. The molecule has 2 heterocycles. The minimum absolute atomic E-state index is 0.0193. The Balaban J connectivity index is 1.67. The molecular weight excluding hydrogens is 465 g/mol. The number of nitrogens with one attached hydrogen (secondary N) is 1. The van der Waals surface area contributed by atoms with Crippen molar-refractivity contribution in [1.29, 1.82) is 0 Å². The Morgan fingerprint density at radius 3 is 2.76 bits per heavy atom. The third-order valence-corrected chi connectivity index (χ3v) is 7.51. The Hall–Kier alpha value is -2.07. The Morgan fingerprint density at radius 1 is 1.29 bits per heavy atom. The second kappa shape index (κ2) is 10.7. The number of nitrogens with zero attached hydrogens (tertiary/aromatic N) is 1. The summed E-state index contributed by atoms with van der Waals surface area (Å²) in [5.41, 5.74) is 1.57. The van der Waals surface area contributed by atoms with Crippen molar-refractivity contribution < 1.29 is 27.3 Å². The molecule has 0 aromatic heterocycles. The molecule has 0 spiro atoms. The highest BCUT2D eigenvalue weighted by atomic mass is 32.2. The van der Waals surface area contributed by atoms with Gasteiger partial charge in [0.2, 0.25) is 0 Å². The van der Waals surface area contributed by atoms with Gasteiger partial charge in [0, 0.05) is 23.5 Å². The van der Waals surface area contributed by atoms with Crippen molar-refractivity contribution in [2.45, 2.75) is 57.5 Å². The number of carbonyl (C=O) groups excluding carboxylic acids is 1. The summed E-state index contributed by atoms with van der Waals surface area (Å²) >= 11 is -1.49. The van der Waals surface area contributed by atoms with Gasteiger partial charge in [-0.3, -0.25) is 4.79 Å². The van der Waals surface area contributed by atoms with Crippen LogP contribution in [0.5, 0.6) is 0 Å². The van der Waals surface area contributed by atoms with Crippen LogP contribution < -0.4 is 4.72 Å². The number of amides is 1. The van der Waals surface area contributed by atoms with Gasteiger partial charge in [-0.25, -0.2) is 13.2 Å². The number of ether oxygens (including phenoxy) is 1. The molecule has 2 saturated heterocycles. The van der Waals surface area contributed by atoms with E-state index in [0.717, 1.165) is 6.42 Å². The van der Waals surface area contributed by atoms with Crippen LogP contribution in [0, 0.1) is 18.6 Å². The average Bonchev–Trinajstić information content (AvgIpc) is 3.43. The smallest absolute Gasteiger partial charge is 0.252 e. The van der Waals surface area contributed by atoms with Gasteiger partial charge < -0.3 is 14.2 Å². The first-order chi connectivity index (χ1) is 16.3. The maximum atomic E-state index is 15.6. The minimum Gasteiger partial charge on any atom is -0.598 e. The summed E-state index contributed by atoms with van der Waals surface area (Å²) in [4.78, 5) is 14.5. The van der Waals surface area contributed by atoms with Gasteiger partial charge in [0.15, 0.2) is 0 Å². The van der Waals surface area contributed by atoms with Crippen LogP contribution in [0.1, 0.15) is 30.9 Å². The van der Waals surface area contributed by atoms with Crippen molar-refractivity contribution in [3.8, 4) is 11.1 Å². The van der Waals surface area contributed by atoms with E-state index < -0.39 is 47.4 Å². The second-order valence-corrected chi connectivity index (χ2v) is 10.4. The molecule has 2 aromatic rings. The van der Waals surface area contributed by atoms with Crippen LogP contribution >= 0.6 is 0 Å². The fourth-order valence-electron chi connectivity index (χ4n) is 4.78. The fourth-order valence-corrected chi connectivity index (χ4v) is 5.56. The molecule has 0 saturated carbocycles. The summed E-state index contributed by atoms with van der Waals surface area (Å²) in [6.45, 7) is 3.73. The van der Waals surface area contributed by atoms with E-state index in [9.17, 15) is 13.7 Å². The molecule has 1 amide bonds. The quantitative estimate of drug-likeness (QED) is 0.594. The van der Waals surface area contributed by atoms with Gasteiger partial charge in [0.1, 0.15) is 35.7 Å². The van der Waals surface area contributed by atoms with Crippen LogP contribution in [0.3, 0.4) is 0 Å².